The Balaban J connectivity index is 1.37. The maximum atomic E-state index is 13.0. The molecule has 0 saturated carbocycles. The Morgan fingerprint density at radius 2 is 1.59 bits per heavy atom. The highest BCUT2D eigenvalue weighted by Crippen LogP contribution is 2.33. The van der Waals surface area contributed by atoms with Crippen molar-refractivity contribution < 1.29 is 4.79 Å². The Morgan fingerprint density at radius 3 is 2.28 bits per heavy atom. The van der Waals surface area contributed by atoms with Gasteiger partial charge in [0.05, 0.1) is 0 Å². The van der Waals surface area contributed by atoms with Crippen LogP contribution in [0.5, 0.6) is 0 Å². The molecule has 1 fully saturated rings. The van der Waals surface area contributed by atoms with Gasteiger partial charge >= 0.3 is 0 Å². The van der Waals surface area contributed by atoms with Crippen LogP contribution in [0.1, 0.15) is 64.7 Å². The zero-order valence-corrected chi connectivity index (χ0v) is 19.7. The van der Waals surface area contributed by atoms with E-state index in [4.69, 9.17) is 0 Å². The third-order valence-electron chi connectivity index (χ3n) is 7.10. The Labute approximate surface area is 193 Å². The molecular weight excluding hydrogens is 390 g/mol. The van der Waals surface area contributed by atoms with Crippen molar-refractivity contribution in [1.82, 2.24) is 0 Å². The van der Waals surface area contributed by atoms with Crippen molar-refractivity contribution in [2.75, 3.05) is 18.0 Å². The molecule has 1 atom stereocenters. The first-order valence-electron chi connectivity index (χ1n) is 12.0. The summed E-state index contributed by atoms with van der Waals surface area (Å²) in [6.07, 6.45) is 4.19. The quantitative estimate of drug-likeness (QED) is 0.375. The number of carbonyl (C=O) groups is 1. The molecule has 3 aromatic rings. The van der Waals surface area contributed by atoms with E-state index in [2.05, 4.69) is 86.3 Å². The van der Waals surface area contributed by atoms with E-state index in [0.717, 1.165) is 31.5 Å². The highest BCUT2D eigenvalue weighted by Gasteiger charge is 2.23. The molecule has 0 radical (unpaired) electrons. The molecule has 0 aromatic heterocycles. The molecule has 0 amide bonds. The van der Waals surface area contributed by atoms with Crippen LogP contribution in [-0.4, -0.2) is 18.9 Å². The summed E-state index contributed by atoms with van der Waals surface area (Å²) in [4.78, 5) is 15.5. The molecule has 2 heteroatoms. The summed E-state index contributed by atoms with van der Waals surface area (Å²) < 4.78 is 0. The number of hydrogen-bond donors (Lipinski definition) is 0. The fourth-order valence-electron chi connectivity index (χ4n) is 5.08. The van der Waals surface area contributed by atoms with Crippen molar-refractivity contribution in [3.05, 3.63) is 101 Å². The minimum Gasteiger partial charge on any atom is -0.371 e. The van der Waals surface area contributed by atoms with Gasteiger partial charge in [-0.25, -0.2) is 0 Å². The summed E-state index contributed by atoms with van der Waals surface area (Å²) in [5.74, 6) is 0.943. The van der Waals surface area contributed by atoms with Gasteiger partial charge in [0.1, 0.15) is 0 Å². The number of rotatable bonds is 7. The first-order chi connectivity index (χ1) is 15.5. The predicted molar refractivity (Wildman–Crippen MR) is 135 cm³/mol. The highest BCUT2D eigenvalue weighted by atomic mass is 16.1. The lowest BCUT2D eigenvalue weighted by atomic mass is 9.86. The van der Waals surface area contributed by atoms with Gasteiger partial charge < -0.3 is 4.90 Å². The lowest BCUT2D eigenvalue weighted by Crippen LogP contribution is -2.33. The number of anilines is 1. The maximum Gasteiger partial charge on any atom is 0.165 e. The first-order valence-corrected chi connectivity index (χ1v) is 12.0. The van der Waals surface area contributed by atoms with Crippen LogP contribution in [0, 0.1) is 19.8 Å². The molecule has 1 aliphatic heterocycles. The predicted octanol–water partition coefficient (Wildman–Crippen LogP) is 7.14. The van der Waals surface area contributed by atoms with Gasteiger partial charge in [-0.3, -0.25) is 4.79 Å². The van der Waals surface area contributed by atoms with Gasteiger partial charge in [0.15, 0.2) is 5.78 Å². The van der Waals surface area contributed by atoms with Crippen LogP contribution in [0.4, 0.5) is 5.69 Å². The molecule has 1 heterocycles. The average Bonchev–Trinajstić information content (AvgIpc) is 2.83. The second-order valence-corrected chi connectivity index (χ2v) is 9.41. The number of piperidine rings is 1. The van der Waals surface area contributed by atoms with E-state index in [1.54, 1.807) is 0 Å². The number of ketones is 1. The van der Waals surface area contributed by atoms with Crippen molar-refractivity contribution in [2.45, 2.75) is 52.4 Å². The standard InChI is InChI=1S/C30H35NO/c1-22-9-7-8-12-28(22)26-17-19-31(20-18-26)29-16-15-27(21-24(29)3)30(32)23(2)13-14-25-10-5-4-6-11-25/h4-12,15-16,21,23,26H,13-14,17-20H2,1-3H3. The Kier molecular flexibility index (Phi) is 7.09. The molecule has 32 heavy (non-hydrogen) atoms. The molecule has 2 nitrogen and oxygen atoms in total. The lowest BCUT2D eigenvalue weighted by molar-refractivity contribution is 0.0924. The molecule has 0 aliphatic carbocycles. The van der Waals surface area contributed by atoms with Crippen molar-refractivity contribution in [2.24, 2.45) is 5.92 Å². The van der Waals surface area contributed by atoms with Crippen LogP contribution in [0.15, 0.2) is 72.8 Å². The second-order valence-electron chi connectivity index (χ2n) is 9.41. The van der Waals surface area contributed by atoms with Crippen molar-refractivity contribution in [1.29, 1.82) is 0 Å². The van der Waals surface area contributed by atoms with Gasteiger partial charge in [-0.2, -0.15) is 0 Å². The van der Waals surface area contributed by atoms with Crippen LogP contribution < -0.4 is 4.90 Å². The zero-order chi connectivity index (χ0) is 22.5. The molecule has 4 rings (SSSR count). The normalized spacial score (nSPS) is 15.5. The molecule has 0 spiro atoms. The molecule has 166 valence electrons. The summed E-state index contributed by atoms with van der Waals surface area (Å²) in [6.45, 7) is 8.57. The van der Waals surface area contributed by atoms with Crippen LogP contribution in [-0.2, 0) is 6.42 Å². The topological polar surface area (TPSA) is 20.3 Å². The largest absolute Gasteiger partial charge is 0.371 e. The van der Waals surface area contributed by atoms with E-state index in [0.29, 0.717) is 5.92 Å². The van der Waals surface area contributed by atoms with Gasteiger partial charge in [0, 0.05) is 30.3 Å². The Morgan fingerprint density at radius 1 is 0.906 bits per heavy atom. The third kappa shape index (κ3) is 5.12. The van der Waals surface area contributed by atoms with Gasteiger partial charge in [0.2, 0.25) is 0 Å². The van der Waals surface area contributed by atoms with Gasteiger partial charge in [-0.15, -0.1) is 0 Å². The van der Waals surface area contributed by atoms with Gasteiger partial charge in [-0.05, 0) is 85.9 Å². The van der Waals surface area contributed by atoms with Crippen molar-refractivity contribution in [3.63, 3.8) is 0 Å². The average molecular weight is 426 g/mol. The summed E-state index contributed by atoms with van der Waals surface area (Å²) in [5, 5.41) is 0. The number of Topliss-reactive ketones (excluding diaryl/α,β-unsaturated/α-hetero) is 1. The van der Waals surface area contributed by atoms with Crippen molar-refractivity contribution >= 4 is 11.5 Å². The van der Waals surface area contributed by atoms with E-state index in [9.17, 15) is 4.79 Å². The molecule has 0 bridgehead atoms. The Hall–Kier alpha value is -2.87. The maximum absolute atomic E-state index is 13.0. The van der Waals surface area contributed by atoms with Gasteiger partial charge in [0.25, 0.3) is 0 Å². The van der Waals surface area contributed by atoms with E-state index >= 15 is 0 Å². The van der Waals surface area contributed by atoms with Gasteiger partial charge in [-0.1, -0.05) is 61.5 Å². The summed E-state index contributed by atoms with van der Waals surface area (Å²) >= 11 is 0. The molecule has 0 N–H and O–H groups in total. The molecule has 3 aromatic carbocycles. The molecular formula is C30H35NO. The summed E-state index contributed by atoms with van der Waals surface area (Å²) in [5.41, 5.74) is 7.55. The number of carbonyl (C=O) groups excluding carboxylic acids is 1. The van der Waals surface area contributed by atoms with Crippen molar-refractivity contribution in [3.8, 4) is 0 Å². The van der Waals surface area contributed by atoms with Crippen LogP contribution in [0.3, 0.4) is 0 Å². The van der Waals surface area contributed by atoms with Crippen LogP contribution in [0.25, 0.3) is 0 Å². The lowest BCUT2D eigenvalue weighted by Gasteiger charge is -2.35. The minimum absolute atomic E-state index is 0.0327. The first kappa shape index (κ1) is 22.3. The van der Waals surface area contributed by atoms with Crippen LogP contribution in [0.2, 0.25) is 0 Å². The van der Waals surface area contributed by atoms with E-state index in [1.165, 1.54) is 40.8 Å². The van der Waals surface area contributed by atoms with E-state index < -0.39 is 0 Å². The zero-order valence-electron chi connectivity index (χ0n) is 19.7. The fraction of sp³-hybridized carbons (Fsp3) is 0.367. The molecule has 1 saturated heterocycles. The fourth-order valence-corrected chi connectivity index (χ4v) is 5.08. The SMILES string of the molecule is Cc1ccccc1C1CCN(c2ccc(C(=O)C(C)CCc3ccccc3)cc2C)CC1. The second kappa shape index (κ2) is 10.2. The highest BCUT2D eigenvalue weighted by molar-refractivity contribution is 5.98. The monoisotopic (exact) mass is 425 g/mol. The third-order valence-corrected chi connectivity index (χ3v) is 7.10. The molecule has 1 aliphatic rings. The number of hydrogen-bond acceptors (Lipinski definition) is 2. The number of aryl methyl sites for hydroxylation is 3. The number of benzene rings is 3. The smallest absolute Gasteiger partial charge is 0.165 e. The number of nitrogens with zero attached hydrogens (tertiary/aromatic N) is 1. The Bertz CT molecular complexity index is 1050. The van der Waals surface area contributed by atoms with E-state index in [1.807, 2.05) is 12.1 Å². The van der Waals surface area contributed by atoms with Crippen LogP contribution >= 0.6 is 0 Å². The summed E-state index contributed by atoms with van der Waals surface area (Å²) in [6, 6.07) is 25.6. The summed E-state index contributed by atoms with van der Waals surface area (Å²) in [7, 11) is 0. The minimum atomic E-state index is 0.0327. The molecule has 1 unspecified atom stereocenters. The van der Waals surface area contributed by atoms with E-state index in [-0.39, 0.29) is 11.7 Å².